The van der Waals surface area contributed by atoms with Crippen LogP contribution >= 0.6 is 15.9 Å². The fraction of sp³-hybridized carbons (Fsp3) is 0.0909. The van der Waals surface area contributed by atoms with Crippen molar-refractivity contribution in [1.82, 2.24) is 9.78 Å². The lowest BCUT2D eigenvalue weighted by Gasteiger charge is -2.08. The first-order valence-corrected chi connectivity index (χ1v) is 5.74. The average molecular weight is 295 g/mol. The van der Waals surface area contributed by atoms with Gasteiger partial charge in [-0.2, -0.15) is 5.10 Å². The highest BCUT2D eigenvalue weighted by Crippen LogP contribution is 2.20. The Labute approximate surface area is 107 Å². The lowest BCUT2D eigenvalue weighted by Crippen LogP contribution is -2.09. The molecule has 0 aliphatic rings. The monoisotopic (exact) mass is 294 g/mol. The van der Waals surface area contributed by atoms with Crippen molar-refractivity contribution in [1.29, 1.82) is 0 Å². The molecule has 0 saturated heterocycles. The minimum absolute atomic E-state index is 0.368. The third kappa shape index (κ3) is 2.37. The number of benzene rings is 1. The van der Waals surface area contributed by atoms with E-state index in [0.717, 1.165) is 15.7 Å². The molecule has 0 saturated carbocycles. The molecule has 4 N–H and O–H groups in total. The molecule has 0 spiro atoms. The van der Waals surface area contributed by atoms with Crippen molar-refractivity contribution in [2.45, 2.75) is 6.54 Å². The summed E-state index contributed by atoms with van der Waals surface area (Å²) in [5, 5.41) is 4.10. The van der Waals surface area contributed by atoms with E-state index in [2.05, 4.69) is 21.0 Å². The molecule has 0 bridgehead atoms. The predicted octanol–water partition coefficient (Wildman–Crippen LogP) is 1.19. The highest BCUT2D eigenvalue weighted by Gasteiger charge is 2.08. The number of nitrogens with zero attached hydrogens (tertiary/aromatic N) is 2. The Morgan fingerprint density at radius 3 is 2.82 bits per heavy atom. The van der Waals surface area contributed by atoms with Gasteiger partial charge in [0.15, 0.2) is 0 Å². The molecule has 0 aliphatic heterocycles. The predicted molar refractivity (Wildman–Crippen MR) is 67.7 cm³/mol. The molecule has 5 nitrogen and oxygen atoms in total. The first-order chi connectivity index (χ1) is 8.11. The number of rotatable bonds is 3. The van der Waals surface area contributed by atoms with Crippen molar-refractivity contribution >= 4 is 21.8 Å². The van der Waals surface area contributed by atoms with Gasteiger partial charge in [0.2, 0.25) is 0 Å². The number of nitrogens with two attached hydrogens (primary N) is 2. The number of hydrogen-bond acceptors (Lipinski definition) is 3. The highest BCUT2D eigenvalue weighted by atomic mass is 79.9. The van der Waals surface area contributed by atoms with E-state index in [1.807, 2.05) is 18.2 Å². The molecule has 2 aromatic rings. The largest absolute Gasteiger partial charge is 0.366 e. The standard InChI is InChI=1S/C11H11BrN4O/c12-9-2-1-7(4-13)10(3-9)16-6-8(5-15-16)11(14)17/h1-3,5-6H,4,13H2,(H2,14,17). The fourth-order valence-corrected chi connectivity index (χ4v) is 1.85. The molecular weight excluding hydrogens is 284 g/mol. The molecule has 2 rings (SSSR count). The number of hydrogen-bond donors (Lipinski definition) is 2. The van der Waals surface area contributed by atoms with Crippen LogP contribution in [0.5, 0.6) is 0 Å². The molecule has 17 heavy (non-hydrogen) atoms. The topological polar surface area (TPSA) is 86.9 Å². The van der Waals surface area contributed by atoms with Crippen molar-refractivity contribution in [2.75, 3.05) is 0 Å². The summed E-state index contributed by atoms with van der Waals surface area (Å²) < 4.78 is 2.51. The maximum absolute atomic E-state index is 11.0. The molecule has 0 aliphatic carbocycles. The Kier molecular flexibility index (Phi) is 3.26. The molecule has 0 fully saturated rings. The van der Waals surface area contributed by atoms with Gasteiger partial charge in [-0.05, 0) is 17.7 Å². The van der Waals surface area contributed by atoms with Crippen molar-refractivity contribution in [3.05, 3.63) is 46.2 Å². The van der Waals surface area contributed by atoms with Crippen LogP contribution in [-0.2, 0) is 6.54 Å². The Hall–Kier alpha value is -1.66. The summed E-state index contributed by atoms with van der Waals surface area (Å²) >= 11 is 3.38. The third-order valence-corrected chi connectivity index (χ3v) is 2.87. The fourth-order valence-electron chi connectivity index (χ4n) is 1.50. The SMILES string of the molecule is NCc1ccc(Br)cc1-n1cc(C(N)=O)cn1. The zero-order chi connectivity index (χ0) is 12.4. The molecule has 1 amide bonds. The van der Waals surface area contributed by atoms with Crippen LogP contribution < -0.4 is 11.5 Å². The first-order valence-electron chi connectivity index (χ1n) is 4.95. The Balaban J connectivity index is 2.51. The van der Waals surface area contributed by atoms with E-state index >= 15 is 0 Å². The van der Waals surface area contributed by atoms with Crippen LogP contribution in [0.3, 0.4) is 0 Å². The Morgan fingerprint density at radius 1 is 1.47 bits per heavy atom. The van der Waals surface area contributed by atoms with Crippen LogP contribution in [0, 0.1) is 0 Å². The summed E-state index contributed by atoms with van der Waals surface area (Å²) in [4.78, 5) is 11.0. The van der Waals surface area contributed by atoms with Gasteiger partial charge >= 0.3 is 0 Å². The van der Waals surface area contributed by atoms with Crippen molar-refractivity contribution in [3.63, 3.8) is 0 Å². The van der Waals surface area contributed by atoms with Gasteiger partial charge in [0.1, 0.15) is 0 Å². The zero-order valence-corrected chi connectivity index (χ0v) is 10.5. The molecule has 1 heterocycles. The third-order valence-electron chi connectivity index (χ3n) is 2.38. The molecule has 6 heteroatoms. The number of amides is 1. The molecule has 88 valence electrons. The van der Waals surface area contributed by atoms with Gasteiger partial charge in [0.25, 0.3) is 5.91 Å². The van der Waals surface area contributed by atoms with Crippen LogP contribution in [-0.4, -0.2) is 15.7 Å². The Bertz CT molecular complexity index is 564. The summed E-state index contributed by atoms with van der Waals surface area (Å²) in [6.45, 7) is 0.397. The summed E-state index contributed by atoms with van der Waals surface area (Å²) in [6.07, 6.45) is 3.02. The van der Waals surface area contributed by atoms with Gasteiger partial charge in [-0.1, -0.05) is 22.0 Å². The minimum atomic E-state index is -0.499. The van der Waals surface area contributed by atoms with Crippen molar-refractivity contribution < 1.29 is 4.79 Å². The Morgan fingerprint density at radius 2 is 2.24 bits per heavy atom. The smallest absolute Gasteiger partial charge is 0.251 e. The second-order valence-corrected chi connectivity index (χ2v) is 4.43. The van der Waals surface area contributed by atoms with E-state index in [4.69, 9.17) is 11.5 Å². The van der Waals surface area contributed by atoms with Crippen molar-refractivity contribution in [3.8, 4) is 5.69 Å². The second kappa shape index (κ2) is 4.68. The van der Waals surface area contributed by atoms with E-state index < -0.39 is 5.91 Å². The second-order valence-electron chi connectivity index (χ2n) is 3.51. The summed E-state index contributed by atoms with van der Waals surface area (Å²) in [5.41, 5.74) is 13.0. The summed E-state index contributed by atoms with van der Waals surface area (Å²) in [6, 6.07) is 5.70. The van der Waals surface area contributed by atoms with Crippen LogP contribution in [0.2, 0.25) is 0 Å². The van der Waals surface area contributed by atoms with E-state index in [1.165, 1.54) is 6.20 Å². The molecule has 0 radical (unpaired) electrons. The summed E-state index contributed by atoms with van der Waals surface area (Å²) in [7, 11) is 0. The molecule has 0 unspecified atom stereocenters. The van der Waals surface area contributed by atoms with Crippen molar-refractivity contribution in [2.24, 2.45) is 11.5 Å². The lowest BCUT2D eigenvalue weighted by molar-refractivity contribution is 0.100. The van der Waals surface area contributed by atoms with Gasteiger partial charge < -0.3 is 11.5 Å². The van der Waals surface area contributed by atoms with Crippen LogP contribution in [0.15, 0.2) is 35.1 Å². The van der Waals surface area contributed by atoms with Gasteiger partial charge in [0, 0.05) is 17.2 Å². The van der Waals surface area contributed by atoms with Crippen LogP contribution in [0.1, 0.15) is 15.9 Å². The number of halogens is 1. The normalized spacial score (nSPS) is 10.5. The van der Waals surface area contributed by atoms with E-state index in [9.17, 15) is 4.79 Å². The number of primary amides is 1. The zero-order valence-electron chi connectivity index (χ0n) is 8.93. The number of aromatic nitrogens is 2. The van der Waals surface area contributed by atoms with E-state index in [0.29, 0.717) is 12.1 Å². The van der Waals surface area contributed by atoms with E-state index in [1.54, 1.807) is 10.9 Å². The summed E-state index contributed by atoms with van der Waals surface area (Å²) in [5.74, 6) is -0.499. The molecule has 1 aromatic heterocycles. The maximum atomic E-state index is 11.0. The average Bonchev–Trinajstić information content (AvgIpc) is 2.78. The maximum Gasteiger partial charge on any atom is 0.251 e. The van der Waals surface area contributed by atoms with Crippen LogP contribution in [0.4, 0.5) is 0 Å². The van der Waals surface area contributed by atoms with Gasteiger partial charge in [-0.15, -0.1) is 0 Å². The van der Waals surface area contributed by atoms with Gasteiger partial charge in [0.05, 0.1) is 17.4 Å². The van der Waals surface area contributed by atoms with E-state index in [-0.39, 0.29) is 0 Å². The minimum Gasteiger partial charge on any atom is -0.366 e. The quantitative estimate of drug-likeness (QED) is 0.891. The molecule has 1 aromatic carbocycles. The lowest BCUT2D eigenvalue weighted by atomic mass is 10.2. The molecule has 0 atom stereocenters. The van der Waals surface area contributed by atoms with Gasteiger partial charge in [-0.25, -0.2) is 4.68 Å². The first kappa shape index (κ1) is 11.8. The number of carbonyl (C=O) groups is 1. The highest BCUT2D eigenvalue weighted by molar-refractivity contribution is 9.10. The van der Waals surface area contributed by atoms with Crippen LogP contribution in [0.25, 0.3) is 5.69 Å². The van der Waals surface area contributed by atoms with Gasteiger partial charge in [-0.3, -0.25) is 4.79 Å². The number of carbonyl (C=O) groups excluding carboxylic acids is 1. The molecular formula is C11H11BrN4O.